The van der Waals surface area contributed by atoms with Crippen LogP contribution in [0.25, 0.3) is 0 Å². The first-order valence-corrected chi connectivity index (χ1v) is 8.08. The van der Waals surface area contributed by atoms with E-state index in [0.29, 0.717) is 5.56 Å². The van der Waals surface area contributed by atoms with Crippen LogP contribution < -0.4 is 10.6 Å². The number of aromatic carboxylic acids is 1. The zero-order valence-electron chi connectivity index (χ0n) is 11.1. The Balaban J connectivity index is 2.50. The lowest BCUT2D eigenvalue weighted by atomic mass is 10.2. The molecule has 2 nitrogen and oxygen atoms in total. The third kappa shape index (κ3) is 2.85. The maximum atomic E-state index is 11.3. The Morgan fingerprint density at radius 3 is 2.26 bits per heavy atom. The van der Waals surface area contributed by atoms with Crippen molar-refractivity contribution in [2.24, 2.45) is 0 Å². The van der Waals surface area contributed by atoms with E-state index in [4.69, 9.17) is 0 Å². The second-order valence-corrected chi connectivity index (χ2v) is 6.45. The van der Waals surface area contributed by atoms with Gasteiger partial charge in [-0.3, -0.25) is 0 Å². The van der Waals surface area contributed by atoms with Gasteiger partial charge in [0.25, 0.3) is 0 Å². The molecule has 1 atom stereocenters. The van der Waals surface area contributed by atoms with Crippen LogP contribution in [0.4, 0.5) is 0 Å². The second-order valence-electron chi connectivity index (χ2n) is 4.36. The molecule has 0 aliphatic rings. The number of carboxylic acids is 1. The van der Waals surface area contributed by atoms with Gasteiger partial charge in [-0.1, -0.05) is 49.4 Å². The summed E-state index contributed by atoms with van der Waals surface area (Å²) in [5.74, 6) is -0.848. The van der Waals surface area contributed by atoms with E-state index < -0.39 is 13.9 Å². The fourth-order valence-electron chi connectivity index (χ4n) is 2.21. The second kappa shape index (κ2) is 5.99. The van der Waals surface area contributed by atoms with Crippen molar-refractivity contribution in [2.75, 3.05) is 6.66 Å². The number of carbonyl (C=O) groups is 1. The van der Waals surface area contributed by atoms with Crippen LogP contribution in [0.2, 0.25) is 0 Å². The quantitative estimate of drug-likeness (QED) is 0.869. The minimum absolute atomic E-state index is 0.419. The Bertz CT molecular complexity index is 593. The molecule has 0 aliphatic heterocycles. The molecule has 0 spiro atoms. The van der Waals surface area contributed by atoms with Crippen LogP contribution in [0.15, 0.2) is 48.5 Å². The smallest absolute Gasteiger partial charge is 0.336 e. The average molecular weight is 272 g/mol. The van der Waals surface area contributed by atoms with Gasteiger partial charge in [-0.2, -0.15) is 0 Å². The molecule has 98 valence electrons. The van der Waals surface area contributed by atoms with Crippen LogP contribution in [0.3, 0.4) is 0 Å². The summed E-state index contributed by atoms with van der Waals surface area (Å²) >= 11 is 0. The van der Waals surface area contributed by atoms with E-state index in [9.17, 15) is 9.90 Å². The van der Waals surface area contributed by atoms with Crippen molar-refractivity contribution in [2.45, 2.75) is 13.3 Å². The lowest BCUT2D eigenvalue weighted by Gasteiger charge is -2.18. The van der Waals surface area contributed by atoms with Gasteiger partial charge in [-0.25, -0.2) is 4.79 Å². The molecule has 1 N–H and O–H groups in total. The van der Waals surface area contributed by atoms with Crippen molar-refractivity contribution in [3.05, 3.63) is 59.7 Å². The highest BCUT2D eigenvalue weighted by atomic mass is 31.1. The molecular formula is C16H17O2P. The molecule has 0 heterocycles. The number of benzene rings is 2. The predicted molar refractivity (Wildman–Crippen MR) is 81.3 cm³/mol. The summed E-state index contributed by atoms with van der Waals surface area (Å²) in [4.78, 5) is 11.3. The summed E-state index contributed by atoms with van der Waals surface area (Å²) in [7, 11) is -0.631. The first kappa shape index (κ1) is 13.8. The Hall–Kier alpha value is -1.66. The molecule has 0 radical (unpaired) electrons. The fraction of sp³-hybridized carbons (Fsp3) is 0.188. The van der Waals surface area contributed by atoms with Crippen LogP contribution >= 0.6 is 7.92 Å². The fourth-order valence-corrected chi connectivity index (χ4v) is 4.29. The summed E-state index contributed by atoms with van der Waals surface area (Å²) < 4.78 is 0. The molecule has 2 rings (SSSR count). The average Bonchev–Trinajstić information content (AvgIpc) is 2.46. The van der Waals surface area contributed by atoms with E-state index in [2.05, 4.69) is 25.7 Å². The minimum atomic E-state index is -0.848. The molecule has 0 saturated heterocycles. The highest BCUT2D eigenvalue weighted by Gasteiger charge is 2.17. The molecule has 0 aliphatic carbocycles. The zero-order valence-corrected chi connectivity index (χ0v) is 12.0. The van der Waals surface area contributed by atoms with E-state index in [1.165, 1.54) is 10.9 Å². The Labute approximate surface area is 114 Å². The summed E-state index contributed by atoms with van der Waals surface area (Å²) in [5, 5.41) is 11.5. The molecule has 2 aromatic carbocycles. The molecule has 2 aromatic rings. The maximum Gasteiger partial charge on any atom is 0.336 e. The van der Waals surface area contributed by atoms with E-state index in [1.807, 2.05) is 24.3 Å². The standard InChI is InChI=1S/C16H17O2P/c1-3-12-8-4-6-10-14(12)19(2)15-11-7-5-9-13(15)16(17)18/h4-11H,3H2,1-2H3,(H,17,18). The first-order valence-electron chi connectivity index (χ1n) is 6.29. The van der Waals surface area contributed by atoms with Crippen molar-refractivity contribution in [3.8, 4) is 0 Å². The van der Waals surface area contributed by atoms with Crippen LogP contribution in [0.5, 0.6) is 0 Å². The van der Waals surface area contributed by atoms with Gasteiger partial charge in [0.1, 0.15) is 0 Å². The summed E-state index contributed by atoms with van der Waals surface area (Å²) in [6.07, 6.45) is 0.970. The lowest BCUT2D eigenvalue weighted by molar-refractivity contribution is 0.0698. The van der Waals surface area contributed by atoms with Crippen molar-refractivity contribution in [1.29, 1.82) is 0 Å². The molecule has 0 bridgehead atoms. The number of hydrogen-bond donors (Lipinski definition) is 1. The number of carboxylic acid groups (broad SMARTS) is 1. The van der Waals surface area contributed by atoms with Gasteiger partial charge >= 0.3 is 5.97 Å². The predicted octanol–water partition coefficient (Wildman–Crippen LogP) is 3.01. The third-order valence-electron chi connectivity index (χ3n) is 3.23. The largest absolute Gasteiger partial charge is 0.478 e. The van der Waals surface area contributed by atoms with Crippen LogP contribution in [0.1, 0.15) is 22.8 Å². The maximum absolute atomic E-state index is 11.3. The van der Waals surface area contributed by atoms with Gasteiger partial charge in [-0.15, -0.1) is 0 Å². The molecular weight excluding hydrogens is 255 g/mol. The van der Waals surface area contributed by atoms with Gasteiger partial charge in [0.05, 0.1) is 5.56 Å². The van der Waals surface area contributed by atoms with Crippen molar-refractivity contribution in [1.82, 2.24) is 0 Å². The molecule has 3 heteroatoms. The zero-order chi connectivity index (χ0) is 13.8. The first-order chi connectivity index (χ1) is 9.15. The van der Waals surface area contributed by atoms with E-state index >= 15 is 0 Å². The van der Waals surface area contributed by atoms with Crippen LogP contribution in [0, 0.1) is 0 Å². The van der Waals surface area contributed by atoms with Gasteiger partial charge in [0.15, 0.2) is 0 Å². The van der Waals surface area contributed by atoms with Crippen molar-refractivity contribution in [3.63, 3.8) is 0 Å². The van der Waals surface area contributed by atoms with E-state index in [-0.39, 0.29) is 0 Å². The van der Waals surface area contributed by atoms with Crippen LogP contribution in [-0.4, -0.2) is 17.7 Å². The Kier molecular flexibility index (Phi) is 4.34. The highest BCUT2D eigenvalue weighted by Crippen LogP contribution is 2.31. The van der Waals surface area contributed by atoms with Gasteiger partial charge in [0, 0.05) is 0 Å². The Morgan fingerprint density at radius 2 is 1.63 bits per heavy atom. The molecule has 0 amide bonds. The molecule has 1 unspecified atom stereocenters. The lowest BCUT2D eigenvalue weighted by Crippen LogP contribution is -2.20. The molecule has 0 fully saturated rings. The van der Waals surface area contributed by atoms with Gasteiger partial charge in [0.2, 0.25) is 0 Å². The number of hydrogen-bond acceptors (Lipinski definition) is 1. The van der Waals surface area contributed by atoms with E-state index in [1.54, 1.807) is 12.1 Å². The summed E-state index contributed by atoms with van der Waals surface area (Å²) in [6.45, 7) is 4.26. The molecule has 0 aromatic heterocycles. The summed E-state index contributed by atoms with van der Waals surface area (Å²) in [6, 6.07) is 15.6. The topological polar surface area (TPSA) is 37.3 Å². The SMILES string of the molecule is CCc1ccccc1P(C)c1ccccc1C(=O)O. The number of rotatable bonds is 4. The van der Waals surface area contributed by atoms with Crippen LogP contribution in [-0.2, 0) is 6.42 Å². The Morgan fingerprint density at radius 1 is 1.05 bits per heavy atom. The van der Waals surface area contributed by atoms with Gasteiger partial charge < -0.3 is 5.11 Å². The monoisotopic (exact) mass is 272 g/mol. The summed E-state index contributed by atoms with van der Waals surface area (Å²) in [5.41, 5.74) is 1.72. The van der Waals surface area contributed by atoms with Crippen molar-refractivity contribution < 1.29 is 9.90 Å². The highest BCUT2D eigenvalue weighted by molar-refractivity contribution is 7.72. The molecule has 0 saturated carbocycles. The van der Waals surface area contributed by atoms with Gasteiger partial charge in [-0.05, 0) is 43.2 Å². The van der Waals surface area contributed by atoms with E-state index in [0.717, 1.165) is 11.7 Å². The normalized spacial score (nSPS) is 12.1. The molecule has 19 heavy (non-hydrogen) atoms. The number of aryl methyl sites for hydroxylation is 1. The minimum Gasteiger partial charge on any atom is -0.478 e. The third-order valence-corrected chi connectivity index (χ3v) is 5.50. The van der Waals surface area contributed by atoms with Crippen molar-refractivity contribution >= 4 is 24.5 Å².